The first-order valence-electron chi connectivity index (χ1n) is 9.33. The average molecular weight is 338 g/mol. The molecular weight excluding hydrogens is 308 g/mol. The minimum Gasteiger partial charge on any atom is -0.497 e. The first-order valence-corrected chi connectivity index (χ1v) is 9.33. The van der Waals surface area contributed by atoms with Gasteiger partial charge in [0.05, 0.1) is 7.11 Å². The molecule has 0 amide bonds. The van der Waals surface area contributed by atoms with Crippen molar-refractivity contribution in [1.82, 2.24) is 4.90 Å². The van der Waals surface area contributed by atoms with Crippen molar-refractivity contribution in [1.29, 1.82) is 0 Å². The molecule has 1 fully saturated rings. The number of hydrogen-bond acceptors (Lipinski definition) is 3. The third kappa shape index (κ3) is 4.76. The molecule has 0 unspecified atom stereocenters. The number of rotatable bonds is 6. The van der Waals surface area contributed by atoms with Gasteiger partial charge in [0.25, 0.3) is 0 Å². The molecule has 3 nitrogen and oxygen atoms in total. The van der Waals surface area contributed by atoms with Crippen molar-refractivity contribution in [2.24, 2.45) is 0 Å². The Hall–Kier alpha value is -2.00. The van der Waals surface area contributed by atoms with Gasteiger partial charge in [-0.15, -0.1) is 0 Å². The number of benzene rings is 2. The van der Waals surface area contributed by atoms with Gasteiger partial charge in [0.1, 0.15) is 5.75 Å². The molecule has 0 spiro atoms. The fourth-order valence-corrected chi connectivity index (χ4v) is 3.49. The molecule has 0 saturated carbocycles. The molecule has 1 aliphatic heterocycles. The smallest absolute Gasteiger partial charge is 0.119 e. The fraction of sp³-hybridized carbons (Fsp3) is 0.455. The molecule has 0 aromatic heterocycles. The zero-order chi connectivity index (χ0) is 17.6. The van der Waals surface area contributed by atoms with Crippen molar-refractivity contribution < 1.29 is 4.74 Å². The van der Waals surface area contributed by atoms with Gasteiger partial charge >= 0.3 is 0 Å². The van der Waals surface area contributed by atoms with Crippen LogP contribution in [0.5, 0.6) is 5.75 Å². The predicted molar refractivity (Wildman–Crippen MR) is 106 cm³/mol. The van der Waals surface area contributed by atoms with Crippen LogP contribution in [0.1, 0.15) is 23.1 Å². The summed E-state index contributed by atoms with van der Waals surface area (Å²) >= 11 is 0. The Morgan fingerprint density at radius 2 is 1.60 bits per heavy atom. The largest absolute Gasteiger partial charge is 0.497 e. The van der Waals surface area contributed by atoms with Crippen LogP contribution in [0.4, 0.5) is 5.69 Å². The molecule has 0 N–H and O–H groups in total. The van der Waals surface area contributed by atoms with Crippen LogP contribution < -0.4 is 9.64 Å². The number of nitrogens with zero attached hydrogens (tertiary/aromatic N) is 2. The second-order valence-electron chi connectivity index (χ2n) is 7.05. The van der Waals surface area contributed by atoms with Crippen molar-refractivity contribution in [3.05, 3.63) is 59.2 Å². The Morgan fingerprint density at radius 1 is 0.880 bits per heavy atom. The summed E-state index contributed by atoms with van der Waals surface area (Å²) in [5.41, 5.74) is 5.57. The van der Waals surface area contributed by atoms with Gasteiger partial charge in [0, 0.05) is 31.9 Å². The SMILES string of the molecule is COc1ccc(N2CCN(CCCc3ccc(C)c(C)c3)CC2)cc1. The van der Waals surface area contributed by atoms with E-state index >= 15 is 0 Å². The van der Waals surface area contributed by atoms with E-state index in [4.69, 9.17) is 4.74 Å². The lowest BCUT2D eigenvalue weighted by atomic mass is 10.0. The Morgan fingerprint density at radius 3 is 2.24 bits per heavy atom. The molecule has 3 rings (SSSR count). The molecule has 0 atom stereocenters. The summed E-state index contributed by atoms with van der Waals surface area (Å²) in [6.07, 6.45) is 2.42. The third-order valence-electron chi connectivity index (χ3n) is 5.32. The summed E-state index contributed by atoms with van der Waals surface area (Å²) in [6.45, 7) is 10.1. The maximum absolute atomic E-state index is 5.24. The first-order chi connectivity index (χ1) is 12.2. The van der Waals surface area contributed by atoms with Crippen LogP contribution in [0.15, 0.2) is 42.5 Å². The van der Waals surface area contributed by atoms with Crippen molar-refractivity contribution >= 4 is 5.69 Å². The van der Waals surface area contributed by atoms with Crippen LogP contribution in [-0.2, 0) is 6.42 Å². The number of anilines is 1. The van der Waals surface area contributed by atoms with Gasteiger partial charge < -0.3 is 9.64 Å². The van der Waals surface area contributed by atoms with Crippen LogP contribution in [-0.4, -0.2) is 44.7 Å². The summed E-state index contributed by atoms with van der Waals surface area (Å²) < 4.78 is 5.24. The van der Waals surface area contributed by atoms with E-state index in [0.29, 0.717) is 0 Å². The molecule has 0 aliphatic carbocycles. The lowest BCUT2D eigenvalue weighted by Crippen LogP contribution is -2.46. The summed E-state index contributed by atoms with van der Waals surface area (Å²) in [4.78, 5) is 5.07. The van der Waals surface area contributed by atoms with Crippen LogP contribution in [0.2, 0.25) is 0 Å². The lowest BCUT2D eigenvalue weighted by Gasteiger charge is -2.36. The molecule has 3 heteroatoms. The van der Waals surface area contributed by atoms with Gasteiger partial charge in [0.15, 0.2) is 0 Å². The van der Waals surface area contributed by atoms with Crippen LogP contribution >= 0.6 is 0 Å². The standard InChI is InChI=1S/C22H30N2O/c1-18-6-7-20(17-19(18)2)5-4-12-23-13-15-24(16-14-23)21-8-10-22(25-3)11-9-21/h6-11,17H,4-5,12-16H2,1-3H3. The Balaban J connectivity index is 1.42. The monoisotopic (exact) mass is 338 g/mol. The topological polar surface area (TPSA) is 15.7 Å². The summed E-state index contributed by atoms with van der Waals surface area (Å²) in [5.74, 6) is 0.925. The van der Waals surface area contributed by atoms with E-state index in [1.165, 1.54) is 41.8 Å². The number of piperazine rings is 1. The molecule has 0 bridgehead atoms. The van der Waals surface area contributed by atoms with Crippen LogP contribution in [0, 0.1) is 13.8 Å². The van der Waals surface area contributed by atoms with Gasteiger partial charge in [-0.25, -0.2) is 0 Å². The molecular formula is C22H30N2O. The molecule has 0 radical (unpaired) electrons. The van der Waals surface area contributed by atoms with Crippen molar-refractivity contribution in [3.63, 3.8) is 0 Å². The Kier molecular flexibility index (Phi) is 5.98. The molecule has 2 aromatic carbocycles. The van der Waals surface area contributed by atoms with Crippen molar-refractivity contribution in [3.8, 4) is 5.75 Å². The van der Waals surface area contributed by atoms with Gasteiger partial charge in [-0.1, -0.05) is 18.2 Å². The summed E-state index contributed by atoms with van der Waals surface area (Å²) in [7, 11) is 1.71. The van der Waals surface area contributed by atoms with E-state index in [2.05, 4.69) is 54.0 Å². The minimum atomic E-state index is 0.925. The van der Waals surface area contributed by atoms with Gasteiger partial charge in [-0.3, -0.25) is 4.90 Å². The molecule has 1 saturated heterocycles. The maximum Gasteiger partial charge on any atom is 0.119 e. The summed E-state index contributed by atoms with van der Waals surface area (Å²) in [6, 6.07) is 15.3. The Bertz CT molecular complexity index is 673. The van der Waals surface area contributed by atoms with E-state index < -0.39 is 0 Å². The number of methoxy groups -OCH3 is 1. The minimum absolute atomic E-state index is 0.925. The zero-order valence-corrected chi connectivity index (χ0v) is 15.8. The lowest BCUT2D eigenvalue weighted by molar-refractivity contribution is 0.255. The third-order valence-corrected chi connectivity index (χ3v) is 5.32. The maximum atomic E-state index is 5.24. The van der Waals surface area contributed by atoms with Crippen LogP contribution in [0.25, 0.3) is 0 Å². The zero-order valence-electron chi connectivity index (χ0n) is 15.8. The quantitative estimate of drug-likeness (QED) is 0.790. The van der Waals surface area contributed by atoms with Crippen molar-refractivity contribution in [2.75, 3.05) is 44.7 Å². The molecule has 2 aromatic rings. The summed E-state index contributed by atoms with van der Waals surface area (Å²) in [5, 5.41) is 0. The highest BCUT2D eigenvalue weighted by atomic mass is 16.5. The molecule has 134 valence electrons. The average Bonchev–Trinajstić information content (AvgIpc) is 2.65. The van der Waals surface area contributed by atoms with E-state index in [0.717, 1.165) is 31.9 Å². The molecule has 1 aliphatic rings. The van der Waals surface area contributed by atoms with Gasteiger partial charge in [0.2, 0.25) is 0 Å². The van der Waals surface area contributed by atoms with E-state index in [1.54, 1.807) is 7.11 Å². The van der Waals surface area contributed by atoms with Gasteiger partial charge in [-0.2, -0.15) is 0 Å². The second kappa shape index (κ2) is 8.39. The highest BCUT2D eigenvalue weighted by Gasteiger charge is 2.16. The molecule has 1 heterocycles. The first kappa shape index (κ1) is 17.8. The molecule has 25 heavy (non-hydrogen) atoms. The number of aryl methyl sites for hydroxylation is 3. The normalized spacial score (nSPS) is 15.4. The fourth-order valence-electron chi connectivity index (χ4n) is 3.49. The van der Waals surface area contributed by atoms with Crippen LogP contribution in [0.3, 0.4) is 0 Å². The van der Waals surface area contributed by atoms with E-state index in [-0.39, 0.29) is 0 Å². The number of ether oxygens (including phenoxy) is 1. The van der Waals surface area contributed by atoms with E-state index in [9.17, 15) is 0 Å². The second-order valence-corrected chi connectivity index (χ2v) is 7.05. The van der Waals surface area contributed by atoms with Gasteiger partial charge in [-0.05, 0) is 74.2 Å². The van der Waals surface area contributed by atoms with E-state index in [1.807, 2.05) is 12.1 Å². The predicted octanol–water partition coefficient (Wildman–Crippen LogP) is 4.07. The Labute approximate surface area is 152 Å². The highest BCUT2D eigenvalue weighted by Crippen LogP contribution is 2.20. The number of hydrogen-bond donors (Lipinski definition) is 0. The highest BCUT2D eigenvalue weighted by molar-refractivity contribution is 5.49. The van der Waals surface area contributed by atoms with Crippen molar-refractivity contribution in [2.45, 2.75) is 26.7 Å².